The van der Waals surface area contributed by atoms with Crippen LogP contribution in [0.15, 0.2) is 24.4 Å². The number of hydrogen-bond donors (Lipinski definition) is 2. The summed E-state index contributed by atoms with van der Waals surface area (Å²) in [5.74, 6) is 0.598. The minimum Gasteiger partial charge on any atom is -0.478 e. The Labute approximate surface area is 129 Å². The minimum absolute atomic E-state index is 0.0889. The summed E-state index contributed by atoms with van der Waals surface area (Å²) in [5.41, 5.74) is 6.65. The highest BCUT2D eigenvalue weighted by atomic mass is 16.5. The van der Waals surface area contributed by atoms with Gasteiger partial charge in [-0.05, 0) is 32.9 Å². The first kappa shape index (κ1) is 15.7. The van der Waals surface area contributed by atoms with Gasteiger partial charge in [0.05, 0.1) is 12.3 Å². The number of hydrogen-bond acceptors (Lipinski definition) is 6. The Kier molecular flexibility index (Phi) is 4.29. The van der Waals surface area contributed by atoms with Crippen molar-refractivity contribution in [1.82, 2.24) is 9.97 Å². The molecule has 2 heterocycles. The Bertz CT molecular complexity index is 713. The summed E-state index contributed by atoms with van der Waals surface area (Å²) >= 11 is 0. The van der Waals surface area contributed by atoms with Gasteiger partial charge in [-0.15, -0.1) is 0 Å². The van der Waals surface area contributed by atoms with E-state index in [2.05, 4.69) is 16.0 Å². The molecule has 0 bridgehead atoms. The number of nitriles is 1. The van der Waals surface area contributed by atoms with Crippen LogP contribution in [0.1, 0.15) is 32.0 Å². The topological polar surface area (TPSA) is 105 Å². The van der Waals surface area contributed by atoms with Crippen molar-refractivity contribution < 1.29 is 9.84 Å². The molecule has 0 amide bonds. The Morgan fingerprint density at radius 2 is 2.14 bits per heavy atom. The molecule has 0 aliphatic rings. The molecule has 0 saturated heterocycles. The van der Waals surface area contributed by atoms with Crippen molar-refractivity contribution in [2.24, 2.45) is 0 Å². The van der Waals surface area contributed by atoms with Gasteiger partial charge in [-0.3, -0.25) is 0 Å². The molecule has 22 heavy (non-hydrogen) atoms. The van der Waals surface area contributed by atoms with E-state index in [0.717, 1.165) is 0 Å². The van der Waals surface area contributed by atoms with Gasteiger partial charge in [0.1, 0.15) is 23.1 Å². The Morgan fingerprint density at radius 1 is 1.41 bits per heavy atom. The van der Waals surface area contributed by atoms with Crippen LogP contribution < -0.4 is 10.5 Å². The van der Waals surface area contributed by atoms with Crippen LogP contribution in [-0.2, 0) is 5.60 Å². The van der Waals surface area contributed by atoms with Crippen molar-refractivity contribution in [1.29, 1.82) is 5.26 Å². The zero-order valence-electron chi connectivity index (χ0n) is 12.8. The molecule has 0 fully saturated rings. The quantitative estimate of drug-likeness (QED) is 0.896. The monoisotopic (exact) mass is 298 g/mol. The Morgan fingerprint density at radius 3 is 2.64 bits per heavy atom. The molecule has 6 heteroatoms. The average molecular weight is 298 g/mol. The zero-order chi connectivity index (χ0) is 16.3. The van der Waals surface area contributed by atoms with E-state index in [1.165, 1.54) is 0 Å². The van der Waals surface area contributed by atoms with Crippen molar-refractivity contribution in [2.75, 3.05) is 12.3 Å². The van der Waals surface area contributed by atoms with Crippen LogP contribution in [0, 0.1) is 11.3 Å². The maximum Gasteiger partial charge on any atom is 0.213 e. The molecular weight excluding hydrogens is 280 g/mol. The van der Waals surface area contributed by atoms with E-state index in [9.17, 15) is 10.4 Å². The zero-order valence-corrected chi connectivity index (χ0v) is 12.8. The first-order valence-electron chi connectivity index (χ1n) is 6.89. The Balaban J connectivity index is 2.57. The van der Waals surface area contributed by atoms with E-state index in [4.69, 9.17) is 10.5 Å². The summed E-state index contributed by atoms with van der Waals surface area (Å²) in [6.07, 6.45) is 1.61. The average Bonchev–Trinajstić information content (AvgIpc) is 2.46. The fraction of sp³-hybridized carbons (Fsp3) is 0.312. The third-order valence-electron chi connectivity index (χ3n) is 3.13. The molecule has 0 aliphatic heterocycles. The van der Waals surface area contributed by atoms with Crippen molar-refractivity contribution in [3.8, 4) is 23.1 Å². The molecule has 6 nitrogen and oxygen atoms in total. The fourth-order valence-electron chi connectivity index (χ4n) is 2.00. The normalized spacial score (nSPS) is 11.0. The Hall–Kier alpha value is -2.65. The summed E-state index contributed by atoms with van der Waals surface area (Å²) in [6, 6.07) is 7.23. The van der Waals surface area contributed by atoms with Crippen LogP contribution in [0.2, 0.25) is 0 Å². The van der Waals surface area contributed by atoms with E-state index in [0.29, 0.717) is 29.3 Å². The van der Waals surface area contributed by atoms with Crippen molar-refractivity contribution >= 4 is 5.82 Å². The van der Waals surface area contributed by atoms with Gasteiger partial charge in [-0.1, -0.05) is 0 Å². The van der Waals surface area contributed by atoms with Gasteiger partial charge < -0.3 is 15.6 Å². The van der Waals surface area contributed by atoms with E-state index in [1.807, 2.05) is 6.92 Å². The summed E-state index contributed by atoms with van der Waals surface area (Å²) in [6.45, 7) is 5.63. The lowest BCUT2D eigenvalue weighted by molar-refractivity contribution is 0.0740. The van der Waals surface area contributed by atoms with Gasteiger partial charge in [0, 0.05) is 23.4 Å². The second kappa shape index (κ2) is 6.00. The van der Waals surface area contributed by atoms with E-state index in [1.54, 1.807) is 38.2 Å². The van der Waals surface area contributed by atoms with Crippen LogP contribution in [0.25, 0.3) is 11.1 Å². The summed E-state index contributed by atoms with van der Waals surface area (Å²) in [7, 11) is 0. The minimum atomic E-state index is -1.16. The molecule has 0 aromatic carbocycles. The van der Waals surface area contributed by atoms with E-state index in [-0.39, 0.29) is 11.4 Å². The molecule has 3 N–H and O–H groups in total. The largest absolute Gasteiger partial charge is 0.478 e. The number of nitrogen functional groups attached to an aromatic ring is 1. The second-order valence-electron chi connectivity index (χ2n) is 5.30. The fourth-order valence-corrected chi connectivity index (χ4v) is 2.00. The molecule has 0 saturated carbocycles. The third-order valence-corrected chi connectivity index (χ3v) is 3.13. The number of pyridine rings is 2. The first-order chi connectivity index (χ1) is 10.4. The maximum absolute atomic E-state index is 10.1. The van der Waals surface area contributed by atoms with Gasteiger partial charge >= 0.3 is 0 Å². The second-order valence-corrected chi connectivity index (χ2v) is 5.30. The SMILES string of the molecule is CCOc1ccc(-c2cc(C(C)(C)O)nc(N)c2C#N)cn1. The van der Waals surface area contributed by atoms with Crippen LogP contribution in [0.5, 0.6) is 5.88 Å². The number of aromatic nitrogens is 2. The van der Waals surface area contributed by atoms with E-state index >= 15 is 0 Å². The van der Waals surface area contributed by atoms with Crippen LogP contribution in [0.3, 0.4) is 0 Å². The maximum atomic E-state index is 10.1. The number of nitrogens with two attached hydrogens (primary N) is 1. The molecule has 2 aromatic rings. The molecular formula is C16H18N4O2. The molecule has 114 valence electrons. The highest BCUT2D eigenvalue weighted by Gasteiger charge is 2.22. The predicted octanol–water partition coefficient (Wildman–Crippen LogP) is 2.22. The van der Waals surface area contributed by atoms with Gasteiger partial charge in [0.25, 0.3) is 0 Å². The van der Waals surface area contributed by atoms with Crippen LogP contribution >= 0.6 is 0 Å². The summed E-state index contributed by atoms with van der Waals surface area (Å²) in [4.78, 5) is 8.29. The number of anilines is 1. The summed E-state index contributed by atoms with van der Waals surface area (Å²) < 4.78 is 5.30. The standard InChI is InChI=1S/C16H18N4O2/c1-4-22-14-6-5-10(9-19-14)11-7-13(16(2,3)21)20-15(18)12(11)8-17/h5-7,9,21H,4H2,1-3H3,(H2,18,20). The lowest BCUT2D eigenvalue weighted by Gasteiger charge is -2.19. The molecule has 2 aromatic heterocycles. The van der Waals surface area contributed by atoms with Gasteiger partial charge in [0.15, 0.2) is 0 Å². The lowest BCUT2D eigenvalue weighted by atomic mass is 9.96. The predicted molar refractivity (Wildman–Crippen MR) is 83.0 cm³/mol. The third kappa shape index (κ3) is 3.15. The first-order valence-corrected chi connectivity index (χ1v) is 6.89. The molecule has 0 atom stereocenters. The molecule has 0 radical (unpaired) electrons. The van der Waals surface area contributed by atoms with Crippen molar-refractivity contribution in [3.05, 3.63) is 35.7 Å². The highest BCUT2D eigenvalue weighted by molar-refractivity contribution is 5.75. The van der Waals surface area contributed by atoms with Gasteiger partial charge in [-0.25, -0.2) is 9.97 Å². The molecule has 2 rings (SSSR count). The molecule has 0 unspecified atom stereocenters. The number of ether oxygens (including phenoxy) is 1. The van der Waals surface area contributed by atoms with Crippen molar-refractivity contribution in [3.63, 3.8) is 0 Å². The van der Waals surface area contributed by atoms with Crippen molar-refractivity contribution in [2.45, 2.75) is 26.4 Å². The molecule has 0 aliphatic carbocycles. The van der Waals surface area contributed by atoms with Gasteiger partial charge in [0.2, 0.25) is 5.88 Å². The summed E-state index contributed by atoms with van der Waals surface area (Å²) in [5, 5.41) is 19.4. The number of nitrogens with zero attached hydrogens (tertiary/aromatic N) is 3. The van der Waals surface area contributed by atoms with Crippen LogP contribution in [0.4, 0.5) is 5.82 Å². The number of aliphatic hydroxyl groups is 1. The van der Waals surface area contributed by atoms with Gasteiger partial charge in [-0.2, -0.15) is 5.26 Å². The lowest BCUT2D eigenvalue weighted by Crippen LogP contribution is -2.19. The number of rotatable bonds is 4. The van der Waals surface area contributed by atoms with Crippen LogP contribution in [-0.4, -0.2) is 21.7 Å². The van der Waals surface area contributed by atoms with E-state index < -0.39 is 5.60 Å². The molecule has 0 spiro atoms. The highest BCUT2D eigenvalue weighted by Crippen LogP contribution is 2.31. The smallest absolute Gasteiger partial charge is 0.213 e.